The maximum atomic E-state index is 12.3. The third kappa shape index (κ3) is 5.11. The summed E-state index contributed by atoms with van der Waals surface area (Å²) in [5.41, 5.74) is 1.76. The minimum Gasteiger partial charge on any atom is -0.325 e. The van der Waals surface area contributed by atoms with E-state index in [-0.39, 0.29) is 5.91 Å². The molecule has 0 unspecified atom stereocenters. The molecule has 128 valence electrons. The van der Waals surface area contributed by atoms with Gasteiger partial charge in [-0.3, -0.25) is 9.48 Å². The number of benzene rings is 2. The molecule has 0 saturated heterocycles. The van der Waals surface area contributed by atoms with Crippen LogP contribution in [0.25, 0.3) is 0 Å². The van der Waals surface area contributed by atoms with Crippen LogP contribution in [0.15, 0.2) is 70.6 Å². The quantitative estimate of drug-likeness (QED) is 0.661. The number of nitrogens with one attached hydrogen (secondary N) is 1. The van der Waals surface area contributed by atoms with E-state index >= 15 is 0 Å². The molecule has 6 heteroatoms. The standard InChI is InChI=1S/C19H18ClN3OS/c1-14-10-12-23(22-14)13-11-19(24)21-17-4-2-3-5-18(17)25-16-8-6-15(20)7-9-16/h2-10,12H,11,13H2,1H3,(H,21,24). The smallest absolute Gasteiger partial charge is 0.226 e. The Kier molecular flexibility index (Phi) is 5.79. The predicted molar refractivity (Wildman–Crippen MR) is 102 cm³/mol. The predicted octanol–water partition coefficient (Wildman–Crippen LogP) is 5.02. The van der Waals surface area contributed by atoms with Gasteiger partial charge in [0.2, 0.25) is 5.91 Å². The maximum absolute atomic E-state index is 12.3. The van der Waals surface area contributed by atoms with Gasteiger partial charge in [0.1, 0.15) is 0 Å². The maximum Gasteiger partial charge on any atom is 0.226 e. The van der Waals surface area contributed by atoms with E-state index in [1.54, 1.807) is 16.4 Å². The first-order valence-corrected chi connectivity index (χ1v) is 9.12. The topological polar surface area (TPSA) is 46.9 Å². The number of carbonyl (C=O) groups is 1. The minimum atomic E-state index is -0.0303. The molecule has 0 atom stereocenters. The summed E-state index contributed by atoms with van der Waals surface area (Å²) in [7, 11) is 0. The van der Waals surface area contributed by atoms with E-state index < -0.39 is 0 Å². The highest BCUT2D eigenvalue weighted by atomic mass is 35.5. The highest BCUT2D eigenvalue weighted by Crippen LogP contribution is 2.33. The van der Waals surface area contributed by atoms with Crippen LogP contribution in [-0.4, -0.2) is 15.7 Å². The van der Waals surface area contributed by atoms with Gasteiger partial charge in [-0.05, 0) is 49.4 Å². The molecule has 3 aromatic rings. The molecule has 1 amide bonds. The number of aromatic nitrogens is 2. The Hall–Kier alpha value is -2.24. The molecule has 0 saturated carbocycles. The van der Waals surface area contributed by atoms with Gasteiger partial charge in [-0.2, -0.15) is 5.10 Å². The first-order chi connectivity index (χ1) is 12.1. The summed E-state index contributed by atoms with van der Waals surface area (Å²) in [6.07, 6.45) is 2.26. The van der Waals surface area contributed by atoms with E-state index in [4.69, 9.17) is 11.6 Å². The molecule has 0 fully saturated rings. The van der Waals surface area contributed by atoms with Crippen LogP contribution in [0.2, 0.25) is 5.02 Å². The van der Waals surface area contributed by atoms with E-state index in [2.05, 4.69) is 10.4 Å². The molecule has 0 radical (unpaired) electrons. The fraction of sp³-hybridized carbons (Fsp3) is 0.158. The molecule has 2 aromatic carbocycles. The van der Waals surface area contributed by atoms with Crippen LogP contribution in [0, 0.1) is 6.92 Å². The van der Waals surface area contributed by atoms with Crippen molar-refractivity contribution in [2.75, 3.05) is 5.32 Å². The van der Waals surface area contributed by atoms with Crippen molar-refractivity contribution >= 4 is 35.0 Å². The van der Waals surface area contributed by atoms with Gasteiger partial charge in [0.05, 0.1) is 11.4 Å². The van der Waals surface area contributed by atoms with Crippen molar-refractivity contribution in [2.45, 2.75) is 29.7 Å². The Labute approximate surface area is 156 Å². The van der Waals surface area contributed by atoms with Crippen molar-refractivity contribution in [3.05, 3.63) is 71.5 Å². The van der Waals surface area contributed by atoms with Crippen LogP contribution in [0.5, 0.6) is 0 Å². The summed E-state index contributed by atoms with van der Waals surface area (Å²) >= 11 is 7.52. The van der Waals surface area contributed by atoms with Gasteiger partial charge in [0.25, 0.3) is 0 Å². The van der Waals surface area contributed by atoms with Crippen molar-refractivity contribution in [3.8, 4) is 0 Å². The SMILES string of the molecule is Cc1ccn(CCC(=O)Nc2ccccc2Sc2ccc(Cl)cc2)n1. The lowest BCUT2D eigenvalue weighted by Gasteiger charge is -2.11. The summed E-state index contributed by atoms with van der Waals surface area (Å²) in [6, 6.07) is 17.3. The van der Waals surface area contributed by atoms with Crippen LogP contribution in [0.1, 0.15) is 12.1 Å². The number of para-hydroxylation sites is 1. The first-order valence-electron chi connectivity index (χ1n) is 7.92. The van der Waals surface area contributed by atoms with Crippen LogP contribution in [0.3, 0.4) is 0 Å². The Morgan fingerprint density at radius 3 is 2.64 bits per heavy atom. The van der Waals surface area contributed by atoms with Crippen molar-refractivity contribution in [3.63, 3.8) is 0 Å². The van der Waals surface area contributed by atoms with E-state index in [1.807, 2.05) is 67.7 Å². The normalized spacial score (nSPS) is 10.6. The number of halogens is 1. The number of carbonyl (C=O) groups excluding carboxylic acids is 1. The average molecular weight is 372 g/mol. The van der Waals surface area contributed by atoms with Gasteiger partial charge in [-0.15, -0.1) is 0 Å². The Balaban J connectivity index is 1.63. The number of amides is 1. The molecule has 0 spiro atoms. The Morgan fingerprint density at radius 1 is 1.16 bits per heavy atom. The summed E-state index contributed by atoms with van der Waals surface area (Å²) < 4.78 is 1.78. The zero-order chi connectivity index (χ0) is 17.6. The molecular formula is C19H18ClN3OS. The molecule has 25 heavy (non-hydrogen) atoms. The number of hydrogen-bond acceptors (Lipinski definition) is 3. The highest BCUT2D eigenvalue weighted by Gasteiger charge is 2.08. The van der Waals surface area contributed by atoms with E-state index in [0.29, 0.717) is 18.0 Å². The third-order valence-corrected chi connectivity index (χ3v) is 4.88. The third-order valence-electron chi connectivity index (χ3n) is 3.54. The van der Waals surface area contributed by atoms with Crippen LogP contribution >= 0.6 is 23.4 Å². The number of aryl methyl sites for hydroxylation is 2. The molecule has 0 bridgehead atoms. The van der Waals surface area contributed by atoms with Gasteiger partial charge in [-0.25, -0.2) is 0 Å². The molecule has 1 aromatic heterocycles. The van der Waals surface area contributed by atoms with E-state index in [1.165, 1.54) is 0 Å². The number of anilines is 1. The molecule has 0 aliphatic rings. The van der Waals surface area contributed by atoms with Gasteiger partial charge < -0.3 is 5.32 Å². The lowest BCUT2D eigenvalue weighted by molar-refractivity contribution is -0.116. The van der Waals surface area contributed by atoms with Crippen LogP contribution < -0.4 is 5.32 Å². The van der Waals surface area contributed by atoms with E-state index in [0.717, 1.165) is 21.2 Å². The van der Waals surface area contributed by atoms with Crippen molar-refractivity contribution in [1.29, 1.82) is 0 Å². The Bertz CT molecular complexity index is 861. The van der Waals surface area contributed by atoms with Gasteiger partial charge in [0, 0.05) is 34.0 Å². The van der Waals surface area contributed by atoms with Gasteiger partial charge in [0.15, 0.2) is 0 Å². The summed E-state index contributed by atoms with van der Waals surface area (Å²) in [4.78, 5) is 14.3. The molecule has 3 rings (SSSR count). The van der Waals surface area contributed by atoms with Crippen LogP contribution in [-0.2, 0) is 11.3 Å². The van der Waals surface area contributed by atoms with Crippen molar-refractivity contribution in [2.24, 2.45) is 0 Å². The second-order valence-corrected chi connectivity index (χ2v) is 7.12. The second-order valence-electron chi connectivity index (χ2n) is 5.57. The first kappa shape index (κ1) is 17.6. The largest absolute Gasteiger partial charge is 0.325 e. The zero-order valence-corrected chi connectivity index (χ0v) is 15.3. The molecule has 4 nitrogen and oxygen atoms in total. The fourth-order valence-electron chi connectivity index (χ4n) is 2.31. The van der Waals surface area contributed by atoms with Crippen molar-refractivity contribution < 1.29 is 4.79 Å². The molecular weight excluding hydrogens is 354 g/mol. The fourth-order valence-corrected chi connectivity index (χ4v) is 3.33. The molecule has 0 aliphatic carbocycles. The van der Waals surface area contributed by atoms with Crippen molar-refractivity contribution in [1.82, 2.24) is 9.78 Å². The summed E-state index contributed by atoms with van der Waals surface area (Å²) in [5.74, 6) is -0.0303. The molecule has 1 heterocycles. The second kappa shape index (κ2) is 8.23. The molecule has 1 N–H and O–H groups in total. The van der Waals surface area contributed by atoms with Gasteiger partial charge >= 0.3 is 0 Å². The summed E-state index contributed by atoms with van der Waals surface area (Å²) in [6.45, 7) is 2.49. The van der Waals surface area contributed by atoms with E-state index in [9.17, 15) is 4.79 Å². The number of rotatable bonds is 6. The number of nitrogens with zero attached hydrogens (tertiary/aromatic N) is 2. The lowest BCUT2D eigenvalue weighted by Crippen LogP contribution is -2.15. The monoisotopic (exact) mass is 371 g/mol. The van der Waals surface area contributed by atoms with Crippen LogP contribution in [0.4, 0.5) is 5.69 Å². The zero-order valence-electron chi connectivity index (χ0n) is 13.8. The highest BCUT2D eigenvalue weighted by molar-refractivity contribution is 7.99. The minimum absolute atomic E-state index is 0.0303. The molecule has 0 aliphatic heterocycles. The summed E-state index contributed by atoms with van der Waals surface area (Å²) in [5, 5.41) is 7.99. The average Bonchev–Trinajstić information content (AvgIpc) is 3.02. The van der Waals surface area contributed by atoms with Gasteiger partial charge in [-0.1, -0.05) is 35.5 Å². The lowest BCUT2D eigenvalue weighted by atomic mass is 10.3. The number of hydrogen-bond donors (Lipinski definition) is 1. The Morgan fingerprint density at radius 2 is 1.92 bits per heavy atom.